The number of carbonyl (C=O) groups is 1. The van der Waals surface area contributed by atoms with E-state index < -0.39 is 0 Å². The second kappa shape index (κ2) is 12.2. The van der Waals surface area contributed by atoms with Crippen LogP contribution in [0.3, 0.4) is 0 Å². The lowest BCUT2D eigenvalue weighted by Gasteiger charge is -2.40. The number of likely N-dealkylation sites (tertiary alicyclic amines) is 1. The average Bonchev–Trinajstić information content (AvgIpc) is 3.13. The Kier molecular flexibility index (Phi) is 8.78. The van der Waals surface area contributed by atoms with Crippen molar-refractivity contribution in [3.05, 3.63) is 53.6 Å². The Morgan fingerprint density at radius 2 is 1.70 bits per heavy atom. The van der Waals surface area contributed by atoms with Gasteiger partial charge in [0.2, 0.25) is 0 Å². The molecule has 2 fully saturated rings. The van der Waals surface area contributed by atoms with Crippen LogP contribution in [0.25, 0.3) is 0 Å². The summed E-state index contributed by atoms with van der Waals surface area (Å²) in [5.74, 6) is 1.96. The highest BCUT2D eigenvalue weighted by Crippen LogP contribution is 2.35. The number of hydrogen-bond acceptors (Lipinski definition) is 7. The van der Waals surface area contributed by atoms with Gasteiger partial charge in [-0.05, 0) is 75.9 Å². The number of carbonyl (C=O) groups excluding carboxylic acids is 1. The van der Waals surface area contributed by atoms with Gasteiger partial charge in [0.05, 0.1) is 32.0 Å². The van der Waals surface area contributed by atoms with Crippen molar-refractivity contribution >= 4 is 6.09 Å². The van der Waals surface area contributed by atoms with Crippen molar-refractivity contribution in [2.75, 3.05) is 33.9 Å². The van der Waals surface area contributed by atoms with E-state index in [1.165, 1.54) is 0 Å². The van der Waals surface area contributed by atoms with Crippen molar-refractivity contribution in [3.8, 4) is 23.3 Å². The Morgan fingerprint density at radius 3 is 2.30 bits per heavy atom. The normalized spacial score (nSPS) is 19.8. The monoisotopic (exact) mass is 507 g/mol. The van der Waals surface area contributed by atoms with Crippen molar-refractivity contribution in [3.63, 3.8) is 0 Å². The molecule has 2 aliphatic rings. The Hall–Kier alpha value is -3.44. The van der Waals surface area contributed by atoms with E-state index in [1.807, 2.05) is 61.2 Å². The second-order valence-electron chi connectivity index (χ2n) is 9.96. The minimum Gasteiger partial charge on any atom is -0.493 e. The highest BCUT2D eigenvalue weighted by atomic mass is 16.6. The van der Waals surface area contributed by atoms with Gasteiger partial charge in [-0.3, -0.25) is 4.90 Å². The van der Waals surface area contributed by atoms with Gasteiger partial charge in [0.25, 0.3) is 0 Å². The minimum absolute atomic E-state index is 0.104. The van der Waals surface area contributed by atoms with Gasteiger partial charge in [0, 0.05) is 31.2 Å². The number of piperazine rings is 1. The van der Waals surface area contributed by atoms with Crippen LogP contribution in [0.15, 0.2) is 42.5 Å². The first kappa shape index (κ1) is 26.6. The topological polar surface area (TPSA) is 84.3 Å². The first-order valence-electron chi connectivity index (χ1n) is 13.0. The summed E-state index contributed by atoms with van der Waals surface area (Å²) < 4.78 is 22.7. The summed E-state index contributed by atoms with van der Waals surface area (Å²) in [6.07, 6.45) is 3.50. The number of hydrogen-bond donors (Lipinski definition) is 0. The molecular weight excluding hydrogens is 470 g/mol. The molecule has 0 aliphatic carbocycles. The van der Waals surface area contributed by atoms with Gasteiger partial charge in [-0.1, -0.05) is 12.1 Å². The number of fused-ring (bicyclic) bond motifs is 2. The van der Waals surface area contributed by atoms with E-state index in [-0.39, 0.29) is 18.3 Å². The van der Waals surface area contributed by atoms with Crippen LogP contribution in [0.4, 0.5) is 4.79 Å². The zero-order valence-electron chi connectivity index (χ0n) is 22.2. The van der Waals surface area contributed by atoms with Crippen molar-refractivity contribution in [2.45, 2.75) is 63.8 Å². The Balaban J connectivity index is 1.41. The maximum Gasteiger partial charge on any atom is 0.410 e. The van der Waals surface area contributed by atoms with Crippen LogP contribution in [0, 0.1) is 11.3 Å². The highest BCUT2D eigenvalue weighted by molar-refractivity contribution is 5.68. The lowest BCUT2D eigenvalue weighted by molar-refractivity contribution is 0.0316. The molecule has 0 N–H and O–H groups in total. The van der Waals surface area contributed by atoms with Crippen LogP contribution in [0.5, 0.6) is 17.2 Å². The number of benzene rings is 2. The number of rotatable bonds is 10. The third-order valence-corrected chi connectivity index (χ3v) is 7.16. The molecule has 2 saturated heterocycles. The van der Waals surface area contributed by atoms with E-state index >= 15 is 0 Å². The first-order chi connectivity index (χ1) is 17.9. The van der Waals surface area contributed by atoms with Gasteiger partial charge in [0.15, 0.2) is 11.5 Å². The summed E-state index contributed by atoms with van der Waals surface area (Å²) in [5, 5.41) is 9.20. The summed E-state index contributed by atoms with van der Waals surface area (Å²) in [7, 11) is 3.22. The van der Waals surface area contributed by atoms with E-state index in [0.717, 1.165) is 50.9 Å². The standard InChI is InChI=1S/C29H37N3O5/c1-20(2)36-29(33)31-18-23-11-12-24(19-31)32(23)15-5-6-26(22-9-7-21(17-30)8-10-22)37-25-13-14-27(34-3)28(16-25)35-4/h7-10,13-14,16,20,23-24,26H,5-6,11-12,15,18-19H2,1-4H3. The molecular formula is C29H37N3O5. The summed E-state index contributed by atoms with van der Waals surface area (Å²) in [6.45, 7) is 6.17. The van der Waals surface area contributed by atoms with Crippen LogP contribution in [-0.4, -0.2) is 67.9 Å². The molecule has 3 unspecified atom stereocenters. The van der Waals surface area contributed by atoms with Gasteiger partial charge < -0.3 is 23.8 Å². The summed E-state index contributed by atoms with van der Waals surface area (Å²) in [4.78, 5) is 16.9. The predicted molar refractivity (Wildman–Crippen MR) is 140 cm³/mol. The number of methoxy groups -OCH3 is 2. The van der Waals surface area contributed by atoms with Gasteiger partial charge in [-0.25, -0.2) is 4.79 Å². The fourth-order valence-corrected chi connectivity index (χ4v) is 5.36. The van der Waals surface area contributed by atoms with E-state index in [4.69, 9.17) is 18.9 Å². The molecule has 0 aromatic heterocycles. The van der Waals surface area contributed by atoms with E-state index in [1.54, 1.807) is 14.2 Å². The molecule has 0 spiro atoms. The molecule has 2 aromatic rings. The molecule has 2 aliphatic heterocycles. The second-order valence-corrected chi connectivity index (χ2v) is 9.96. The molecule has 3 atom stereocenters. The van der Waals surface area contributed by atoms with Crippen LogP contribution in [0.2, 0.25) is 0 Å². The predicted octanol–water partition coefficient (Wildman–Crippen LogP) is 5.17. The third-order valence-electron chi connectivity index (χ3n) is 7.16. The molecule has 198 valence electrons. The number of ether oxygens (including phenoxy) is 4. The van der Waals surface area contributed by atoms with Gasteiger partial charge in [-0.2, -0.15) is 5.26 Å². The van der Waals surface area contributed by atoms with Crippen LogP contribution in [0.1, 0.15) is 56.8 Å². The molecule has 8 heteroatoms. The Bertz CT molecular complexity index is 1080. The Morgan fingerprint density at radius 1 is 1.03 bits per heavy atom. The smallest absolute Gasteiger partial charge is 0.410 e. The quantitative estimate of drug-likeness (QED) is 0.439. The molecule has 0 saturated carbocycles. The van der Waals surface area contributed by atoms with Crippen LogP contribution >= 0.6 is 0 Å². The van der Waals surface area contributed by atoms with Crippen molar-refractivity contribution in [1.29, 1.82) is 5.26 Å². The molecule has 8 nitrogen and oxygen atoms in total. The molecule has 2 bridgehead atoms. The highest BCUT2D eigenvalue weighted by Gasteiger charge is 2.41. The zero-order chi connectivity index (χ0) is 26.4. The summed E-state index contributed by atoms with van der Waals surface area (Å²) in [5.41, 5.74) is 1.65. The third kappa shape index (κ3) is 6.47. The molecule has 2 heterocycles. The maximum absolute atomic E-state index is 12.4. The number of amides is 1. The van der Waals surface area contributed by atoms with Gasteiger partial charge in [-0.15, -0.1) is 0 Å². The average molecular weight is 508 g/mol. The SMILES string of the molecule is COc1ccc(OC(CCCN2C3CCC2CN(C(=O)OC(C)C)C3)c2ccc(C#N)cc2)cc1OC. The number of nitrogens with zero attached hydrogens (tertiary/aromatic N) is 3. The summed E-state index contributed by atoms with van der Waals surface area (Å²) >= 11 is 0. The van der Waals surface area contributed by atoms with Gasteiger partial charge >= 0.3 is 6.09 Å². The molecule has 4 rings (SSSR count). The van der Waals surface area contributed by atoms with E-state index in [0.29, 0.717) is 34.9 Å². The molecule has 1 amide bonds. The molecule has 2 aromatic carbocycles. The largest absolute Gasteiger partial charge is 0.493 e. The van der Waals surface area contributed by atoms with Crippen LogP contribution in [-0.2, 0) is 4.74 Å². The fourth-order valence-electron chi connectivity index (χ4n) is 5.36. The minimum atomic E-state index is -0.198. The van der Waals surface area contributed by atoms with Crippen molar-refractivity contribution in [1.82, 2.24) is 9.80 Å². The van der Waals surface area contributed by atoms with Crippen molar-refractivity contribution < 1.29 is 23.7 Å². The van der Waals surface area contributed by atoms with Gasteiger partial charge in [0.1, 0.15) is 11.9 Å². The molecule has 37 heavy (non-hydrogen) atoms. The number of nitriles is 1. The van der Waals surface area contributed by atoms with Crippen molar-refractivity contribution in [2.24, 2.45) is 0 Å². The van der Waals surface area contributed by atoms with E-state index in [9.17, 15) is 10.1 Å². The summed E-state index contributed by atoms with van der Waals surface area (Å²) in [6, 6.07) is 16.1. The zero-order valence-corrected chi connectivity index (χ0v) is 22.2. The lowest BCUT2D eigenvalue weighted by Crippen LogP contribution is -2.55. The fraction of sp³-hybridized carbons (Fsp3) is 0.517. The van der Waals surface area contributed by atoms with E-state index in [2.05, 4.69) is 11.0 Å². The Labute approximate surface area is 219 Å². The lowest BCUT2D eigenvalue weighted by atomic mass is 10.0. The van der Waals surface area contributed by atoms with Crippen LogP contribution < -0.4 is 14.2 Å². The molecule has 0 radical (unpaired) electrons. The first-order valence-corrected chi connectivity index (χ1v) is 13.0. The maximum atomic E-state index is 12.4.